The van der Waals surface area contributed by atoms with Crippen LogP contribution in [0.4, 0.5) is 5.69 Å². The van der Waals surface area contributed by atoms with Gasteiger partial charge in [0.1, 0.15) is 18.5 Å². The number of benzene rings is 2. The minimum Gasteiger partial charge on any atom is -0.490 e. The summed E-state index contributed by atoms with van der Waals surface area (Å²) in [6.45, 7) is 3.29. The molecule has 6 heteroatoms. The SMILES string of the molecule is CCc1ccc(CS(=O)(=O)N(C)c2ccccc2)cc1OCC1CO1. The molecule has 1 aliphatic heterocycles. The average Bonchev–Trinajstić information content (AvgIpc) is 3.44. The first-order valence-electron chi connectivity index (χ1n) is 8.37. The number of hydrogen-bond acceptors (Lipinski definition) is 4. The number of aryl methyl sites for hydroxylation is 1. The summed E-state index contributed by atoms with van der Waals surface area (Å²) in [5, 5.41) is 0. The first kappa shape index (κ1) is 17.8. The maximum Gasteiger partial charge on any atom is 0.239 e. The molecule has 0 bridgehead atoms. The summed E-state index contributed by atoms with van der Waals surface area (Å²) in [5.74, 6) is 0.673. The molecule has 0 aliphatic carbocycles. The van der Waals surface area contributed by atoms with Crippen LogP contribution in [-0.2, 0) is 26.9 Å². The number of ether oxygens (including phenoxy) is 2. The first-order valence-corrected chi connectivity index (χ1v) is 9.98. The largest absolute Gasteiger partial charge is 0.490 e. The van der Waals surface area contributed by atoms with Gasteiger partial charge in [-0.15, -0.1) is 0 Å². The van der Waals surface area contributed by atoms with Crippen LogP contribution in [-0.4, -0.2) is 34.8 Å². The van der Waals surface area contributed by atoms with E-state index in [-0.39, 0.29) is 11.9 Å². The van der Waals surface area contributed by atoms with Gasteiger partial charge in [-0.25, -0.2) is 8.42 Å². The van der Waals surface area contributed by atoms with Gasteiger partial charge in [0.15, 0.2) is 0 Å². The molecule has 1 aliphatic rings. The highest BCUT2D eigenvalue weighted by molar-refractivity contribution is 7.92. The third-order valence-corrected chi connectivity index (χ3v) is 5.97. The predicted octanol–water partition coefficient (Wildman–Crippen LogP) is 2.99. The van der Waals surface area contributed by atoms with Crippen molar-refractivity contribution in [2.24, 2.45) is 0 Å². The molecule has 1 atom stereocenters. The van der Waals surface area contributed by atoms with Gasteiger partial charge in [0.25, 0.3) is 0 Å². The van der Waals surface area contributed by atoms with Crippen LogP contribution in [0.15, 0.2) is 48.5 Å². The van der Waals surface area contributed by atoms with Crippen LogP contribution >= 0.6 is 0 Å². The molecule has 2 aromatic carbocycles. The fourth-order valence-corrected chi connectivity index (χ4v) is 3.81. The second kappa shape index (κ2) is 7.45. The molecule has 0 saturated carbocycles. The van der Waals surface area contributed by atoms with Gasteiger partial charge in [-0.05, 0) is 35.7 Å². The smallest absolute Gasteiger partial charge is 0.239 e. The van der Waals surface area contributed by atoms with Gasteiger partial charge in [-0.3, -0.25) is 4.31 Å². The second-order valence-corrected chi connectivity index (χ2v) is 8.12. The van der Waals surface area contributed by atoms with E-state index in [4.69, 9.17) is 9.47 Å². The summed E-state index contributed by atoms with van der Waals surface area (Å²) in [6.07, 6.45) is 0.999. The zero-order valence-electron chi connectivity index (χ0n) is 14.5. The zero-order valence-corrected chi connectivity index (χ0v) is 15.3. The number of rotatable bonds is 8. The van der Waals surface area contributed by atoms with Crippen LogP contribution in [0.2, 0.25) is 0 Å². The Hall–Kier alpha value is -2.05. The number of hydrogen-bond donors (Lipinski definition) is 0. The molecule has 5 nitrogen and oxygen atoms in total. The summed E-state index contributed by atoms with van der Waals surface area (Å²) in [4.78, 5) is 0. The highest BCUT2D eigenvalue weighted by Crippen LogP contribution is 2.25. The molecular weight excluding hydrogens is 338 g/mol. The molecule has 3 rings (SSSR count). The molecular formula is C19H23NO4S. The van der Waals surface area contributed by atoms with E-state index in [1.807, 2.05) is 36.4 Å². The Kier molecular flexibility index (Phi) is 5.30. The number of para-hydroxylation sites is 1. The van der Waals surface area contributed by atoms with E-state index in [1.165, 1.54) is 4.31 Å². The molecule has 0 aromatic heterocycles. The van der Waals surface area contributed by atoms with Gasteiger partial charge in [0, 0.05) is 7.05 Å². The summed E-state index contributed by atoms with van der Waals surface area (Å²) >= 11 is 0. The van der Waals surface area contributed by atoms with Gasteiger partial charge in [0.2, 0.25) is 10.0 Å². The fraction of sp³-hybridized carbons (Fsp3) is 0.368. The van der Waals surface area contributed by atoms with E-state index < -0.39 is 10.0 Å². The van der Waals surface area contributed by atoms with Gasteiger partial charge < -0.3 is 9.47 Å². The maximum atomic E-state index is 12.7. The molecule has 1 saturated heterocycles. The number of sulfonamides is 1. The van der Waals surface area contributed by atoms with Crippen molar-refractivity contribution < 1.29 is 17.9 Å². The maximum absolute atomic E-state index is 12.7. The van der Waals surface area contributed by atoms with Crippen LogP contribution < -0.4 is 9.04 Å². The first-order chi connectivity index (χ1) is 12.0. The number of anilines is 1. The lowest BCUT2D eigenvalue weighted by molar-refractivity contribution is 0.261. The van der Waals surface area contributed by atoms with Gasteiger partial charge >= 0.3 is 0 Å². The molecule has 2 aromatic rings. The molecule has 25 heavy (non-hydrogen) atoms. The Bertz CT molecular complexity index is 817. The third-order valence-electron chi connectivity index (χ3n) is 4.23. The molecule has 0 amide bonds. The predicted molar refractivity (Wildman–Crippen MR) is 98.5 cm³/mol. The monoisotopic (exact) mass is 361 g/mol. The summed E-state index contributed by atoms with van der Waals surface area (Å²) in [6, 6.07) is 14.7. The molecule has 0 spiro atoms. The molecule has 1 heterocycles. The lowest BCUT2D eigenvalue weighted by atomic mass is 10.1. The Balaban J connectivity index is 1.77. The van der Waals surface area contributed by atoms with E-state index in [0.29, 0.717) is 17.9 Å². The molecule has 1 fully saturated rings. The van der Waals surface area contributed by atoms with Crippen molar-refractivity contribution in [3.05, 3.63) is 59.7 Å². The van der Waals surface area contributed by atoms with E-state index in [1.54, 1.807) is 19.2 Å². The van der Waals surface area contributed by atoms with Crippen LogP contribution in [0.25, 0.3) is 0 Å². The quantitative estimate of drug-likeness (QED) is 0.678. The van der Waals surface area contributed by atoms with E-state index in [9.17, 15) is 8.42 Å². The van der Waals surface area contributed by atoms with E-state index >= 15 is 0 Å². The zero-order chi connectivity index (χ0) is 17.9. The molecule has 134 valence electrons. The summed E-state index contributed by atoms with van der Waals surface area (Å²) in [5.41, 5.74) is 2.43. The van der Waals surface area contributed by atoms with Crippen molar-refractivity contribution in [2.75, 3.05) is 24.6 Å². The number of nitrogens with zero attached hydrogens (tertiary/aromatic N) is 1. The Morgan fingerprint density at radius 2 is 1.92 bits per heavy atom. The lowest BCUT2D eigenvalue weighted by Gasteiger charge is -2.20. The Labute approximate surface area is 149 Å². The highest BCUT2D eigenvalue weighted by Gasteiger charge is 2.24. The standard InChI is InChI=1S/C19H23NO4S/c1-3-16-10-9-15(11-19(16)24-13-18-12-23-18)14-25(21,22)20(2)17-7-5-4-6-8-17/h4-11,18H,3,12-14H2,1-2H3. The van der Waals surface area contributed by atoms with Crippen LogP contribution in [0.1, 0.15) is 18.1 Å². The van der Waals surface area contributed by atoms with Crippen molar-refractivity contribution in [2.45, 2.75) is 25.2 Å². The molecule has 0 N–H and O–H groups in total. The Morgan fingerprint density at radius 3 is 2.56 bits per heavy atom. The summed E-state index contributed by atoms with van der Waals surface area (Å²) in [7, 11) is -1.89. The minimum atomic E-state index is -3.47. The fourth-order valence-electron chi connectivity index (χ4n) is 2.57. The Morgan fingerprint density at radius 1 is 1.20 bits per heavy atom. The molecule has 0 radical (unpaired) electrons. The van der Waals surface area contributed by atoms with Crippen molar-refractivity contribution >= 4 is 15.7 Å². The minimum absolute atomic E-state index is 0.0708. The van der Waals surface area contributed by atoms with Gasteiger partial charge in [0.05, 0.1) is 18.0 Å². The van der Waals surface area contributed by atoms with Crippen LogP contribution in [0.3, 0.4) is 0 Å². The van der Waals surface area contributed by atoms with E-state index in [2.05, 4.69) is 6.92 Å². The van der Waals surface area contributed by atoms with Crippen molar-refractivity contribution in [3.8, 4) is 5.75 Å². The lowest BCUT2D eigenvalue weighted by Crippen LogP contribution is -2.27. The van der Waals surface area contributed by atoms with Crippen molar-refractivity contribution in [1.82, 2.24) is 0 Å². The van der Waals surface area contributed by atoms with Crippen LogP contribution in [0.5, 0.6) is 5.75 Å². The van der Waals surface area contributed by atoms with Gasteiger partial charge in [-0.2, -0.15) is 0 Å². The second-order valence-electron chi connectivity index (χ2n) is 6.12. The van der Waals surface area contributed by atoms with E-state index in [0.717, 1.165) is 24.3 Å². The topological polar surface area (TPSA) is 59.1 Å². The van der Waals surface area contributed by atoms with Crippen molar-refractivity contribution in [3.63, 3.8) is 0 Å². The summed E-state index contributed by atoms with van der Waals surface area (Å²) < 4.78 is 37.7. The van der Waals surface area contributed by atoms with Crippen molar-refractivity contribution in [1.29, 1.82) is 0 Å². The third kappa shape index (κ3) is 4.52. The number of epoxide rings is 1. The van der Waals surface area contributed by atoms with Gasteiger partial charge in [-0.1, -0.05) is 37.3 Å². The average molecular weight is 361 g/mol. The normalized spacial score (nSPS) is 16.5. The molecule has 1 unspecified atom stereocenters. The highest BCUT2D eigenvalue weighted by atomic mass is 32.2. The van der Waals surface area contributed by atoms with Crippen LogP contribution in [0, 0.1) is 0 Å².